The highest BCUT2D eigenvalue weighted by Crippen LogP contribution is 2.21. The van der Waals surface area contributed by atoms with Crippen molar-refractivity contribution in [1.29, 1.82) is 0 Å². The van der Waals surface area contributed by atoms with Gasteiger partial charge in [0.2, 0.25) is 0 Å². The molecule has 0 aliphatic heterocycles. The Labute approximate surface area is 170 Å². The number of rotatable bonds is 10. The van der Waals surface area contributed by atoms with E-state index in [4.69, 9.17) is 9.47 Å². The highest BCUT2D eigenvalue weighted by Gasteiger charge is 2.11. The Kier molecular flexibility index (Phi) is 8.69. The molecule has 0 fully saturated rings. The van der Waals surface area contributed by atoms with Gasteiger partial charge in [-0.05, 0) is 48.7 Å². The van der Waals surface area contributed by atoms with Crippen LogP contribution in [0.15, 0.2) is 54.6 Å². The van der Waals surface area contributed by atoms with E-state index >= 15 is 0 Å². The van der Waals surface area contributed by atoms with Crippen molar-refractivity contribution in [1.82, 2.24) is 10.6 Å². The summed E-state index contributed by atoms with van der Waals surface area (Å²) in [6.07, 6.45) is 0.852. The summed E-state index contributed by atoms with van der Waals surface area (Å²) >= 11 is 0. The number of carbonyl (C=O) groups excluding carboxylic acids is 3. The predicted octanol–water partition coefficient (Wildman–Crippen LogP) is 2.91. The maximum atomic E-state index is 12.1. The summed E-state index contributed by atoms with van der Waals surface area (Å²) in [6.45, 7) is 3.96. The lowest BCUT2D eigenvalue weighted by Crippen LogP contribution is -2.34. The van der Waals surface area contributed by atoms with Crippen LogP contribution >= 0.6 is 0 Å². The normalized spacial score (nSPS) is 10.3. The molecule has 0 bridgehead atoms. The van der Waals surface area contributed by atoms with E-state index in [0.29, 0.717) is 29.5 Å². The summed E-state index contributed by atoms with van der Waals surface area (Å²) in [7, 11) is 0. The number of hydrogen-bond acceptors (Lipinski definition) is 5. The summed E-state index contributed by atoms with van der Waals surface area (Å²) in [5.41, 5.74) is 0.379. The predicted molar refractivity (Wildman–Crippen MR) is 109 cm³/mol. The van der Waals surface area contributed by atoms with Gasteiger partial charge >= 0.3 is 5.97 Å². The van der Waals surface area contributed by atoms with Gasteiger partial charge in [-0.3, -0.25) is 14.4 Å². The third-order valence-electron chi connectivity index (χ3n) is 3.90. The van der Waals surface area contributed by atoms with Gasteiger partial charge in [0.15, 0.2) is 6.61 Å². The van der Waals surface area contributed by atoms with Crippen LogP contribution < -0.4 is 15.4 Å². The number of ether oxygens (including phenoxy) is 2. The van der Waals surface area contributed by atoms with Crippen LogP contribution in [-0.2, 0) is 14.3 Å². The Morgan fingerprint density at radius 1 is 0.897 bits per heavy atom. The molecule has 29 heavy (non-hydrogen) atoms. The molecule has 2 amide bonds. The van der Waals surface area contributed by atoms with Crippen molar-refractivity contribution in [2.75, 3.05) is 19.7 Å². The van der Waals surface area contributed by atoms with Gasteiger partial charge in [0.05, 0.1) is 0 Å². The molecule has 0 radical (unpaired) electrons. The van der Waals surface area contributed by atoms with Gasteiger partial charge in [-0.1, -0.05) is 32.0 Å². The minimum atomic E-state index is -0.679. The van der Waals surface area contributed by atoms with E-state index in [-0.39, 0.29) is 19.1 Å². The molecule has 0 spiro atoms. The van der Waals surface area contributed by atoms with Gasteiger partial charge < -0.3 is 20.1 Å². The van der Waals surface area contributed by atoms with E-state index < -0.39 is 11.9 Å². The largest absolute Gasteiger partial charge is 0.457 e. The molecule has 2 rings (SSSR count). The lowest BCUT2D eigenvalue weighted by Gasteiger charge is -2.09. The van der Waals surface area contributed by atoms with Crippen molar-refractivity contribution in [2.24, 2.45) is 5.92 Å². The Bertz CT molecular complexity index is 804. The molecule has 2 N–H and O–H groups in total. The van der Waals surface area contributed by atoms with Gasteiger partial charge in [-0.2, -0.15) is 0 Å². The fourth-order valence-electron chi connectivity index (χ4n) is 2.30. The standard InChI is InChI=1S/C22H26N2O5/c1-16(2)12-13-23-20(25)15-28-21(26)14-24-22(27)17-8-10-19(11-9-17)29-18-6-4-3-5-7-18/h3-11,16H,12-15H2,1-2H3,(H,23,25)(H,24,27). The minimum Gasteiger partial charge on any atom is -0.457 e. The number of para-hydroxylation sites is 1. The van der Waals surface area contributed by atoms with Crippen LogP contribution in [0.3, 0.4) is 0 Å². The molecular formula is C22H26N2O5. The molecule has 154 valence electrons. The topological polar surface area (TPSA) is 93.7 Å². The first-order valence-electron chi connectivity index (χ1n) is 9.47. The third-order valence-corrected chi connectivity index (χ3v) is 3.90. The molecule has 0 aromatic heterocycles. The minimum absolute atomic E-state index is 0.319. The lowest BCUT2D eigenvalue weighted by atomic mass is 10.1. The van der Waals surface area contributed by atoms with Crippen molar-refractivity contribution >= 4 is 17.8 Å². The van der Waals surface area contributed by atoms with Crippen LogP contribution in [0.4, 0.5) is 0 Å². The number of hydrogen-bond donors (Lipinski definition) is 2. The van der Waals surface area contributed by atoms with Crippen molar-refractivity contribution in [3.8, 4) is 11.5 Å². The molecule has 0 saturated heterocycles. The number of benzene rings is 2. The van der Waals surface area contributed by atoms with Crippen molar-refractivity contribution < 1.29 is 23.9 Å². The molecule has 7 nitrogen and oxygen atoms in total. The zero-order valence-electron chi connectivity index (χ0n) is 16.6. The molecule has 0 heterocycles. The van der Waals surface area contributed by atoms with Crippen LogP contribution in [0, 0.1) is 5.92 Å². The third kappa shape index (κ3) is 8.47. The monoisotopic (exact) mass is 398 g/mol. The maximum absolute atomic E-state index is 12.1. The first-order chi connectivity index (χ1) is 13.9. The molecule has 2 aromatic rings. The van der Waals surface area contributed by atoms with E-state index in [1.165, 1.54) is 0 Å². The quantitative estimate of drug-likeness (QED) is 0.600. The SMILES string of the molecule is CC(C)CCNC(=O)COC(=O)CNC(=O)c1ccc(Oc2ccccc2)cc1. The van der Waals surface area contributed by atoms with Crippen LogP contribution in [0.25, 0.3) is 0 Å². The molecule has 0 aliphatic rings. The van der Waals surface area contributed by atoms with Gasteiger partial charge in [0.25, 0.3) is 11.8 Å². The number of carbonyl (C=O) groups is 3. The molecule has 2 aromatic carbocycles. The number of amides is 2. The van der Waals surface area contributed by atoms with E-state index in [0.717, 1.165) is 6.42 Å². The van der Waals surface area contributed by atoms with Crippen molar-refractivity contribution in [3.63, 3.8) is 0 Å². The second-order valence-corrected chi connectivity index (χ2v) is 6.82. The summed E-state index contributed by atoms with van der Waals surface area (Å²) in [5, 5.41) is 5.13. The van der Waals surface area contributed by atoms with Gasteiger partial charge in [0.1, 0.15) is 18.0 Å². The average Bonchev–Trinajstić information content (AvgIpc) is 2.71. The zero-order chi connectivity index (χ0) is 21.1. The van der Waals surface area contributed by atoms with Crippen LogP contribution in [0.1, 0.15) is 30.6 Å². The molecule has 7 heteroatoms. The summed E-state index contributed by atoms with van der Waals surface area (Å²) < 4.78 is 10.5. The van der Waals surface area contributed by atoms with E-state index in [1.54, 1.807) is 24.3 Å². The highest BCUT2D eigenvalue weighted by molar-refractivity contribution is 5.96. The zero-order valence-corrected chi connectivity index (χ0v) is 16.6. The van der Waals surface area contributed by atoms with E-state index in [1.807, 2.05) is 30.3 Å². The Morgan fingerprint density at radius 2 is 1.55 bits per heavy atom. The first-order valence-corrected chi connectivity index (χ1v) is 9.47. The molecule has 0 saturated carbocycles. The second kappa shape index (κ2) is 11.5. The van der Waals surface area contributed by atoms with E-state index in [9.17, 15) is 14.4 Å². The molecule has 0 unspecified atom stereocenters. The van der Waals surface area contributed by atoms with E-state index in [2.05, 4.69) is 24.5 Å². The van der Waals surface area contributed by atoms with Crippen LogP contribution in [0.2, 0.25) is 0 Å². The molecule has 0 aliphatic carbocycles. The van der Waals surface area contributed by atoms with Gasteiger partial charge in [0, 0.05) is 12.1 Å². The first kappa shape index (κ1) is 21.9. The second-order valence-electron chi connectivity index (χ2n) is 6.82. The fourth-order valence-corrected chi connectivity index (χ4v) is 2.30. The number of esters is 1. The highest BCUT2D eigenvalue weighted by atomic mass is 16.5. The maximum Gasteiger partial charge on any atom is 0.325 e. The van der Waals surface area contributed by atoms with Gasteiger partial charge in [-0.25, -0.2) is 0 Å². The van der Waals surface area contributed by atoms with Crippen LogP contribution in [-0.4, -0.2) is 37.5 Å². The number of nitrogens with one attached hydrogen (secondary N) is 2. The Morgan fingerprint density at radius 3 is 2.21 bits per heavy atom. The summed E-state index contributed by atoms with van der Waals surface area (Å²) in [5.74, 6) is 0.304. The summed E-state index contributed by atoms with van der Waals surface area (Å²) in [6, 6.07) is 15.8. The lowest BCUT2D eigenvalue weighted by molar-refractivity contribution is -0.147. The average molecular weight is 398 g/mol. The van der Waals surface area contributed by atoms with Crippen LogP contribution in [0.5, 0.6) is 11.5 Å². The fraction of sp³-hybridized carbons (Fsp3) is 0.318. The summed E-state index contributed by atoms with van der Waals surface area (Å²) in [4.78, 5) is 35.4. The molecular weight excluding hydrogens is 372 g/mol. The Balaban J connectivity index is 1.70. The van der Waals surface area contributed by atoms with Gasteiger partial charge in [-0.15, -0.1) is 0 Å². The van der Waals surface area contributed by atoms with Crippen molar-refractivity contribution in [2.45, 2.75) is 20.3 Å². The molecule has 0 atom stereocenters. The smallest absolute Gasteiger partial charge is 0.325 e. The Hall–Kier alpha value is -3.35. The van der Waals surface area contributed by atoms with Crippen molar-refractivity contribution in [3.05, 3.63) is 60.2 Å².